The summed E-state index contributed by atoms with van der Waals surface area (Å²) >= 11 is 11.3. The molecular weight excluding hydrogens is 268 g/mol. The molecule has 0 saturated heterocycles. The summed E-state index contributed by atoms with van der Waals surface area (Å²) in [6.45, 7) is 1.96. The second kappa shape index (κ2) is 5.75. The third kappa shape index (κ3) is 3.15. The summed E-state index contributed by atoms with van der Waals surface area (Å²) < 4.78 is 0. The van der Waals surface area contributed by atoms with Crippen LogP contribution < -0.4 is 10.6 Å². The second-order valence-electron chi connectivity index (χ2n) is 3.60. The summed E-state index contributed by atoms with van der Waals surface area (Å²) in [6, 6.07) is 5.66. The van der Waals surface area contributed by atoms with Crippen molar-refractivity contribution in [2.24, 2.45) is 0 Å². The summed E-state index contributed by atoms with van der Waals surface area (Å²) in [7, 11) is 0. The Balaban J connectivity index is 2.08. The van der Waals surface area contributed by atoms with Gasteiger partial charge in [-0.2, -0.15) is 0 Å². The molecule has 0 saturated carbocycles. The van der Waals surface area contributed by atoms with Gasteiger partial charge >= 0.3 is 0 Å². The Hall–Kier alpha value is -1.72. The molecule has 1 heterocycles. The predicted molar refractivity (Wildman–Crippen MR) is 78.1 cm³/mol. The first-order valence-electron chi connectivity index (χ1n) is 5.26. The second-order valence-corrected chi connectivity index (χ2v) is 4.42. The van der Waals surface area contributed by atoms with Crippen molar-refractivity contribution in [3.63, 3.8) is 0 Å². The van der Waals surface area contributed by atoms with Crippen LogP contribution in [0.2, 0.25) is 5.02 Å². The van der Waals surface area contributed by atoms with E-state index in [-0.39, 0.29) is 0 Å². The first-order chi connectivity index (χ1) is 8.66. The van der Waals surface area contributed by atoms with E-state index in [1.54, 1.807) is 18.6 Å². The molecule has 4 nitrogen and oxygen atoms in total. The van der Waals surface area contributed by atoms with Crippen molar-refractivity contribution in [2.75, 3.05) is 10.6 Å². The minimum Gasteiger partial charge on any atom is -0.331 e. The maximum absolute atomic E-state index is 6.10. The molecule has 0 aliphatic rings. The number of thiocarbonyl (C=S) groups is 1. The Bertz CT molecular complexity index is 539. The Morgan fingerprint density at radius 2 is 2.11 bits per heavy atom. The highest BCUT2D eigenvalue weighted by molar-refractivity contribution is 7.80. The van der Waals surface area contributed by atoms with E-state index in [1.165, 1.54) is 0 Å². The zero-order valence-electron chi connectivity index (χ0n) is 9.64. The number of hydrogen-bond donors (Lipinski definition) is 2. The Morgan fingerprint density at radius 3 is 2.78 bits per heavy atom. The maximum atomic E-state index is 6.10. The van der Waals surface area contributed by atoms with E-state index in [0.717, 1.165) is 11.3 Å². The molecule has 0 unspecified atom stereocenters. The SMILES string of the molecule is Cc1cccc(Cl)c1NC(=S)Nc1cnccn1. The molecule has 1 aromatic heterocycles. The van der Waals surface area contributed by atoms with Crippen LogP contribution in [0.15, 0.2) is 36.8 Å². The normalized spacial score (nSPS) is 9.89. The van der Waals surface area contributed by atoms with Crippen LogP contribution in [0.25, 0.3) is 0 Å². The van der Waals surface area contributed by atoms with E-state index in [2.05, 4.69) is 20.6 Å². The molecule has 2 N–H and O–H groups in total. The van der Waals surface area contributed by atoms with Crippen molar-refractivity contribution in [3.8, 4) is 0 Å². The number of halogens is 1. The quantitative estimate of drug-likeness (QED) is 0.826. The maximum Gasteiger partial charge on any atom is 0.176 e. The minimum absolute atomic E-state index is 0.423. The average molecular weight is 279 g/mol. The fourth-order valence-electron chi connectivity index (χ4n) is 1.41. The van der Waals surface area contributed by atoms with E-state index in [0.29, 0.717) is 16.0 Å². The number of nitrogens with one attached hydrogen (secondary N) is 2. The molecule has 0 radical (unpaired) electrons. The van der Waals surface area contributed by atoms with Gasteiger partial charge in [0.25, 0.3) is 0 Å². The summed E-state index contributed by atoms with van der Waals surface area (Å²) in [5.74, 6) is 0.583. The van der Waals surface area contributed by atoms with Crippen LogP contribution >= 0.6 is 23.8 Å². The van der Waals surface area contributed by atoms with Gasteiger partial charge in [-0.3, -0.25) is 4.98 Å². The number of aromatic nitrogens is 2. The van der Waals surface area contributed by atoms with E-state index in [9.17, 15) is 0 Å². The highest BCUT2D eigenvalue weighted by Crippen LogP contribution is 2.25. The average Bonchev–Trinajstić information content (AvgIpc) is 2.35. The van der Waals surface area contributed by atoms with E-state index in [4.69, 9.17) is 23.8 Å². The molecular formula is C12H11ClN4S. The molecule has 0 bridgehead atoms. The van der Waals surface area contributed by atoms with Gasteiger partial charge in [0.05, 0.1) is 16.9 Å². The summed E-state index contributed by atoms with van der Waals surface area (Å²) in [6.07, 6.45) is 4.78. The van der Waals surface area contributed by atoms with Crippen LogP contribution in [0.5, 0.6) is 0 Å². The number of benzene rings is 1. The van der Waals surface area contributed by atoms with Crippen molar-refractivity contribution < 1.29 is 0 Å². The molecule has 0 aliphatic heterocycles. The molecule has 18 heavy (non-hydrogen) atoms. The summed E-state index contributed by atoms with van der Waals surface area (Å²) in [4.78, 5) is 8.01. The van der Waals surface area contributed by atoms with Crippen LogP contribution in [-0.2, 0) is 0 Å². The fraction of sp³-hybridized carbons (Fsp3) is 0.0833. The van der Waals surface area contributed by atoms with Gasteiger partial charge in [0.2, 0.25) is 0 Å². The third-order valence-electron chi connectivity index (χ3n) is 2.27. The van der Waals surface area contributed by atoms with Crippen LogP contribution in [0.1, 0.15) is 5.56 Å². The van der Waals surface area contributed by atoms with Crippen molar-refractivity contribution >= 4 is 40.4 Å². The molecule has 0 amide bonds. The number of aryl methyl sites for hydroxylation is 1. The number of hydrogen-bond acceptors (Lipinski definition) is 3. The van der Waals surface area contributed by atoms with Crippen LogP contribution in [0.4, 0.5) is 11.5 Å². The van der Waals surface area contributed by atoms with Gasteiger partial charge in [-0.05, 0) is 30.8 Å². The smallest absolute Gasteiger partial charge is 0.176 e. The van der Waals surface area contributed by atoms with Crippen LogP contribution in [0, 0.1) is 6.92 Å². The molecule has 0 atom stereocenters. The van der Waals surface area contributed by atoms with Gasteiger partial charge in [-0.25, -0.2) is 4.98 Å². The molecule has 6 heteroatoms. The highest BCUT2D eigenvalue weighted by Gasteiger charge is 2.06. The molecule has 2 rings (SSSR count). The van der Waals surface area contributed by atoms with E-state index in [1.807, 2.05) is 25.1 Å². The Kier molecular flexibility index (Phi) is 4.07. The van der Waals surface area contributed by atoms with Gasteiger partial charge < -0.3 is 10.6 Å². The molecule has 92 valence electrons. The molecule has 0 spiro atoms. The summed E-state index contributed by atoms with van der Waals surface area (Å²) in [5.41, 5.74) is 1.81. The predicted octanol–water partition coefficient (Wildman–Crippen LogP) is 3.25. The van der Waals surface area contributed by atoms with Crippen molar-refractivity contribution in [3.05, 3.63) is 47.4 Å². The van der Waals surface area contributed by atoms with Gasteiger partial charge in [0.1, 0.15) is 0 Å². The highest BCUT2D eigenvalue weighted by atomic mass is 35.5. The first kappa shape index (κ1) is 12.7. The number of para-hydroxylation sites is 1. The fourth-order valence-corrected chi connectivity index (χ4v) is 1.89. The number of nitrogens with zero attached hydrogens (tertiary/aromatic N) is 2. The zero-order chi connectivity index (χ0) is 13.0. The Labute approximate surface area is 115 Å². The summed E-state index contributed by atoms with van der Waals surface area (Å²) in [5, 5.41) is 7.03. The topological polar surface area (TPSA) is 49.8 Å². The standard InChI is InChI=1S/C12H11ClN4S/c1-8-3-2-4-9(13)11(8)17-12(18)16-10-7-14-5-6-15-10/h2-7H,1H3,(H2,15,16,17,18). The third-order valence-corrected chi connectivity index (χ3v) is 2.78. The molecule has 2 aromatic rings. The van der Waals surface area contributed by atoms with Crippen LogP contribution in [0.3, 0.4) is 0 Å². The van der Waals surface area contributed by atoms with Crippen molar-refractivity contribution in [1.82, 2.24) is 9.97 Å². The molecule has 0 aliphatic carbocycles. The zero-order valence-corrected chi connectivity index (χ0v) is 11.2. The van der Waals surface area contributed by atoms with Crippen molar-refractivity contribution in [1.29, 1.82) is 0 Å². The van der Waals surface area contributed by atoms with Gasteiger partial charge in [-0.1, -0.05) is 23.7 Å². The van der Waals surface area contributed by atoms with Crippen LogP contribution in [-0.4, -0.2) is 15.1 Å². The van der Waals surface area contributed by atoms with E-state index >= 15 is 0 Å². The lowest BCUT2D eigenvalue weighted by atomic mass is 10.2. The number of anilines is 2. The largest absolute Gasteiger partial charge is 0.331 e. The molecule has 1 aromatic carbocycles. The lowest BCUT2D eigenvalue weighted by molar-refractivity contribution is 1.21. The Morgan fingerprint density at radius 1 is 1.28 bits per heavy atom. The first-order valence-corrected chi connectivity index (χ1v) is 6.04. The minimum atomic E-state index is 0.423. The van der Waals surface area contributed by atoms with Gasteiger partial charge in [-0.15, -0.1) is 0 Å². The van der Waals surface area contributed by atoms with Gasteiger partial charge in [0, 0.05) is 12.4 Å². The number of rotatable bonds is 2. The molecule has 0 fully saturated rings. The van der Waals surface area contributed by atoms with Gasteiger partial charge in [0.15, 0.2) is 10.9 Å². The van der Waals surface area contributed by atoms with Crippen molar-refractivity contribution in [2.45, 2.75) is 6.92 Å². The lowest BCUT2D eigenvalue weighted by Gasteiger charge is -2.13. The lowest BCUT2D eigenvalue weighted by Crippen LogP contribution is -2.20. The van der Waals surface area contributed by atoms with E-state index < -0.39 is 0 Å². The monoisotopic (exact) mass is 278 g/mol.